The zero-order valence-corrected chi connectivity index (χ0v) is 17.8. The standard InChI is InChI=1S/C23H31O4P/c1-16(2)20-11-9-17(3)13-22(20)27-28(26,15-18-7-5-4-6-8-18)23-14-19(24)10-12-21(23)25/h4-8,10,12,14,16-17,20,22,24-25H,9,11,13,15H2,1-3H3/t17-,20+,22-,28+/m1/s1. The van der Waals surface area contributed by atoms with Crippen LogP contribution in [0.15, 0.2) is 48.5 Å². The quantitative estimate of drug-likeness (QED) is 0.482. The number of rotatable bonds is 6. The SMILES string of the molecule is CC(C)[C@@H]1CC[C@@H](C)C[C@H]1O[P@@](=O)(Cc1ccccc1)c1cc(O)ccc1O. The Balaban J connectivity index is 2.00. The zero-order chi connectivity index (χ0) is 20.3. The normalized spacial score (nSPS) is 24.8. The van der Waals surface area contributed by atoms with Gasteiger partial charge in [-0.2, -0.15) is 0 Å². The highest BCUT2D eigenvalue weighted by atomic mass is 31.2. The topological polar surface area (TPSA) is 66.8 Å². The first-order valence-corrected chi connectivity index (χ1v) is 11.9. The molecule has 1 aliphatic rings. The number of hydrogen-bond acceptors (Lipinski definition) is 4. The molecule has 0 aromatic heterocycles. The van der Waals surface area contributed by atoms with Gasteiger partial charge < -0.3 is 14.7 Å². The average Bonchev–Trinajstić information content (AvgIpc) is 2.64. The van der Waals surface area contributed by atoms with E-state index in [9.17, 15) is 14.8 Å². The van der Waals surface area contributed by atoms with E-state index in [-0.39, 0.29) is 29.1 Å². The lowest BCUT2D eigenvalue weighted by atomic mass is 9.75. The van der Waals surface area contributed by atoms with Gasteiger partial charge in [0, 0.05) is 0 Å². The van der Waals surface area contributed by atoms with E-state index in [2.05, 4.69) is 20.8 Å². The third kappa shape index (κ3) is 4.79. The van der Waals surface area contributed by atoms with Crippen LogP contribution >= 0.6 is 7.37 Å². The molecule has 5 heteroatoms. The summed E-state index contributed by atoms with van der Waals surface area (Å²) in [5.41, 5.74) is 0.888. The summed E-state index contributed by atoms with van der Waals surface area (Å²) in [5.74, 6) is 1.16. The molecule has 0 saturated heterocycles. The Morgan fingerprint density at radius 2 is 1.82 bits per heavy atom. The summed E-state index contributed by atoms with van der Waals surface area (Å²) >= 11 is 0. The van der Waals surface area contributed by atoms with Gasteiger partial charge in [0.15, 0.2) is 0 Å². The smallest absolute Gasteiger partial charge is 0.240 e. The highest BCUT2D eigenvalue weighted by molar-refractivity contribution is 7.66. The van der Waals surface area contributed by atoms with Crippen molar-refractivity contribution in [1.82, 2.24) is 0 Å². The van der Waals surface area contributed by atoms with Crippen LogP contribution in [0.25, 0.3) is 0 Å². The van der Waals surface area contributed by atoms with Crippen molar-refractivity contribution in [3.8, 4) is 11.5 Å². The van der Waals surface area contributed by atoms with Crippen LogP contribution in [0.2, 0.25) is 0 Å². The molecular weight excluding hydrogens is 371 g/mol. The highest BCUT2D eigenvalue weighted by Crippen LogP contribution is 2.55. The Morgan fingerprint density at radius 3 is 2.50 bits per heavy atom. The van der Waals surface area contributed by atoms with Crippen molar-refractivity contribution in [3.63, 3.8) is 0 Å². The number of benzene rings is 2. The molecule has 0 heterocycles. The summed E-state index contributed by atoms with van der Waals surface area (Å²) in [6.45, 7) is 6.58. The first-order valence-electron chi connectivity index (χ1n) is 10.1. The van der Waals surface area contributed by atoms with Crippen LogP contribution in [0.4, 0.5) is 0 Å². The second kappa shape index (κ2) is 8.71. The number of phenols is 2. The molecule has 0 amide bonds. The molecule has 2 N–H and O–H groups in total. The molecule has 0 unspecified atom stereocenters. The Bertz CT molecular complexity index is 834. The fourth-order valence-electron chi connectivity index (χ4n) is 4.24. The molecule has 0 aliphatic heterocycles. The Labute approximate surface area is 168 Å². The van der Waals surface area contributed by atoms with Gasteiger partial charge >= 0.3 is 0 Å². The lowest BCUT2D eigenvalue weighted by Crippen LogP contribution is -2.34. The monoisotopic (exact) mass is 402 g/mol. The molecule has 2 aromatic carbocycles. The summed E-state index contributed by atoms with van der Waals surface area (Å²) in [7, 11) is -3.44. The van der Waals surface area contributed by atoms with Crippen molar-refractivity contribution in [3.05, 3.63) is 54.1 Å². The zero-order valence-electron chi connectivity index (χ0n) is 16.9. The fraction of sp³-hybridized carbons (Fsp3) is 0.478. The summed E-state index contributed by atoms with van der Waals surface area (Å²) in [4.78, 5) is 0. The van der Waals surface area contributed by atoms with Gasteiger partial charge in [-0.05, 0) is 54.4 Å². The van der Waals surface area contributed by atoms with Crippen LogP contribution in [-0.4, -0.2) is 16.3 Å². The maximum Gasteiger partial charge on any atom is 0.240 e. The van der Waals surface area contributed by atoms with E-state index in [0.717, 1.165) is 24.8 Å². The Kier molecular flexibility index (Phi) is 6.52. The first kappa shape index (κ1) is 21.0. The second-order valence-electron chi connectivity index (χ2n) is 8.46. The average molecular weight is 402 g/mol. The minimum Gasteiger partial charge on any atom is -0.508 e. The maximum absolute atomic E-state index is 14.2. The minimum atomic E-state index is -3.44. The summed E-state index contributed by atoms with van der Waals surface area (Å²) < 4.78 is 20.6. The van der Waals surface area contributed by atoms with Crippen molar-refractivity contribution in [2.24, 2.45) is 17.8 Å². The summed E-state index contributed by atoms with van der Waals surface area (Å²) in [5, 5.41) is 20.6. The van der Waals surface area contributed by atoms with Crippen LogP contribution < -0.4 is 5.30 Å². The van der Waals surface area contributed by atoms with Crippen LogP contribution in [-0.2, 0) is 15.3 Å². The van der Waals surface area contributed by atoms with Gasteiger partial charge in [0.05, 0.1) is 17.6 Å². The minimum absolute atomic E-state index is 0.0258. The molecule has 0 bridgehead atoms. The molecule has 0 radical (unpaired) electrons. The molecule has 1 saturated carbocycles. The van der Waals surface area contributed by atoms with E-state index in [1.807, 2.05) is 30.3 Å². The van der Waals surface area contributed by atoms with E-state index >= 15 is 0 Å². The van der Waals surface area contributed by atoms with E-state index in [1.165, 1.54) is 18.2 Å². The van der Waals surface area contributed by atoms with Crippen molar-refractivity contribution in [1.29, 1.82) is 0 Å². The molecule has 2 aromatic rings. The van der Waals surface area contributed by atoms with Gasteiger partial charge in [-0.15, -0.1) is 0 Å². The molecule has 0 spiro atoms. The van der Waals surface area contributed by atoms with Crippen LogP contribution in [0.3, 0.4) is 0 Å². The first-order chi connectivity index (χ1) is 13.3. The molecule has 4 atom stereocenters. The maximum atomic E-state index is 14.2. The van der Waals surface area contributed by atoms with Gasteiger partial charge in [0.2, 0.25) is 7.37 Å². The van der Waals surface area contributed by atoms with Gasteiger partial charge in [0.1, 0.15) is 11.5 Å². The fourth-order valence-corrected chi connectivity index (χ4v) is 6.72. The van der Waals surface area contributed by atoms with Gasteiger partial charge in [-0.3, -0.25) is 4.57 Å². The largest absolute Gasteiger partial charge is 0.508 e. The number of hydrogen-bond donors (Lipinski definition) is 2. The Hall–Kier alpha value is -1.77. The molecule has 152 valence electrons. The molecular formula is C23H31O4P. The lowest BCUT2D eigenvalue weighted by Gasteiger charge is -2.39. The Morgan fingerprint density at radius 1 is 1.11 bits per heavy atom. The summed E-state index contributed by atoms with van der Waals surface area (Å²) in [6, 6.07) is 13.7. The number of phenolic OH excluding ortho intramolecular Hbond substituents is 2. The van der Waals surface area contributed by atoms with Gasteiger partial charge in [-0.1, -0.05) is 57.5 Å². The lowest BCUT2D eigenvalue weighted by molar-refractivity contribution is 0.0495. The molecule has 3 rings (SSSR count). The third-order valence-corrected chi connectivity index (χ3v) is 8.31. The molecule has 1 aliphatic carbocycles. The van der Waals surface area contributed by atoms with Crippen molar-refractivity contribution < 1.29 is 19.3 Å². The van der Waals surface area contributed by atoms with Crippen LogP contribution in [0, 0.1) is 17.8 Å². The summed E-state index contributed by atoms with van der Waals surface area (Å²) in [6.07, 6.45) is 3.14. The van der Waals surface area contributed by atoms with Crippen molar-refractivity contribution in [2.75, 3.05) is 0 Å². The van der Waals surface area contributed by atoms with E-state index in [0.29, 0.717) is 17.8 Å². The van der Waals surface area contributed by atoms with E-state index < -0.39 is 7.37 Å². The third-order valence-electron chi connectivity index (χ3n) is 5.83. The van der Waals surface area contributed by atoms with E-state index in [4.69, 9.17) is 4.52 Å². The van der Waals surface area contributed by atoms with Gasteiger partial charge in [-0.25, -0.2) is 0 Å². The second-order valence-corrected chi connectivity index (χ2v) is 10.8. The molecule has 28 heavy (non-hydrogen) atoms. The van der Waals surface area contributed by atoms with Crippen LogP contribution in [0.1, 0.15) is 45.6 Å². The predicted molar refractivity (Wildman–Crippen MR) is 113 cm³/mol. The predicted octanol–water partition coefficient (Wildman–Crippen LogP) is 5.68. The van der Waals surface area contributed by atoms with Crippen molar-refractivity contribution >= 4 is 12.7 Å². The highest BCUT2D eigenvalue weighted by Gasteiger charge is 2.39. The van der Waals surface area contributed by atoms with Gasteiger partial charge in [0.25, 0.3) is 0 Å². The molecule has 1 fully saturated rings. The number of aromatic hydroxyl groups is 2. The van der Waals surface area contributed by atoms with E-state index in [1.54, 1.807) is 0 Å². The van der Waals surface area contributed by atoms with Crippen molar-refractivity contribution in [2.45, 2.75) is 52.3 Å². The van der Waals surface area contributed by atoms with Crippen LogP contribution in [0.5, 0.6) is 11.5 Å². The molecule has 4 nitrogen and oxygen atoms in total.